The van der Waals surface area contributed by atoms with Crippen molar-refractivity contribution in [2.75, 3.05) is 0 Å². The second-order valence-electron chi connectivity index (χ2n) is 3.77. The van der Waals surface area contributed by atoms with E-state index in [1.54, 1.807) is 6.07 Å². The highest BCUT2D eigenvalue weighted by Crippen LogP contribution is 2.26. The van der Waals surface area contributed by atoms with E-state index in [1.807, 2.05) is 13.8 Å². The van der Waals surface area contributed by atoms with Crippen LogP contribution >= 0.6 is 0 Å². The summed E-state index contributed by atoms with van der Waals surface area (Å²) in [5.74, 6) is -0.228. The Morgan fingerprint density at radius 3 is 2.38 bits per heavy atom. The van der Waals surface area contributed by atoms with Crippen LogP contribution < -0.4 is 10.5 Å². The van der Waals surface area contributed by atoms with Crippen molar-refractivity contribution in [1.29, 1.82) is 0 Å². The van der Waals surface area contributed by atoms with E-state index in [0.29, 0.717) is 0 Å². The van der Waals surface area contributed by atoms with Gasteiger partial charge in [-0.15, -0.1) is 13.2 Å². The Morgan fingerprint density at radius 2 is 1.88 bits per heavy atom. The van der Waals surface area contributed by atoms with Crippen LogP contribution in [0.5, 0.6) is 5.75 Å². The molecule has 1 aromatic carbocycles. The first-order chi connectivity index (χ1) is 7.29. The predicted molar refractivity (Wildman–Crippen MR) is 55.2 cm³/mol. The smallest absolute Gasteiger partial charge is 0.406 e. The lowest BCUT2D eigenvalue weighted by Gasteiger charge is -2.17. The molecule has 5 heteroatoms. The van der Waals surface area contributed by atoms with E-state index in [0.717, 1.165) is 5.56 Å². The Kier molecular flexibility index (Phi) is 3.80. The van der Waals surface area contributed by atoms with Gasteiger partial charge in [-0.2, -0.15) is 0 Å². The average molecular weight is 233 g/mol. The van der Waals surface area contributed by atoms with Crippen molar-refractivity contribution in [1.82, 2.24) is 0 Å². The van der Waals surface area contributed by atoms with E-state index in [-0.39, 0.29) is 17.7 Å². The molecule has 0 aliphatic rings. The molecule has 0 aromatic heterocycles. The molecule has 0 fully saturated rings. The van der Waals surface area contributed by atoms with Crippen molar-refractivity contribution in [3.8, 4) is 5.75 Å². The number of rotatable bonds is 3. The maximum absolute atomic E-state index is 12.0. The van der Waals surface area contributed by atoms with Gasteiger partial charge in [0.05, 0.1) is 0 Å². The molecule has 2 nitrogen and oxygen atoms in total. The van der Waals surface area contributed by atoms with Gasteiger partial charge in [0.1, 0.15) is 5.75 Å². The van der Waals surface area contributed by atoms with Crippen molar-refractivity contribution < 1.29 is 17.9 Å². The first-order valence-corrected chi connectivity index (χ1v) is 4.91. The van der Waals surface area contributed by atoms with E-state index in [1.165, 1.54) is 18.2 Å². The first kappa shape index (κ1) is 12.8. The zero-order chi connectivity index (χ0) is 12.3. The molecular formula is C11H14F3NO. The Bertz CT molecular complexity index is 349. The quantitative estimate of drug-likeness (QED) is 0.870. The van der Waals surface area contributed by atoms with Crippen LogP contribution in [0.15, 0.2) is 24.3 Å². The molecule has 0 radical (unpaired) electrons. The lowest BCUT2D eigenvalue weighted by atomic mass is 9.95. The number of benzene rings is 1. The van der Waals surface area contributed by atoms with Gasteiger partial charge in [-0.3, -0.25) is 0 Å². The van der Waals surface area contributed by atoms with E-state index in [2.05, 4.69) is 4.74 Å². The van der Waals surface area contributed by atoms with Gasteiger partial charge in [0, 0.05) is 6.04 Å². The van der Waals surface area contributed by atoms with Gasteiger partial charge in [0.25, 0.3) is 0 Å². The largest absolute Gasteiger partial charge is 0.573 e. The lowest BCUT2D eigenvalue weighted by Crippen LogP contribution is -2.22. The molecule has 90 valence electrons. The van der Waals surface area contributed by atoms with Crippen molar-refractivity contribution in [3.63, 3.8) is 0 Å². The van der Waals surface area contributed by atoms with Gasteiger partial charge in [0.15, 0.2) is 0 Å². The number of ether oxygens (including phenoxy) is 1. The highest BCUT2D eigenvalue weighted by atomic mass is 19.4. The van der Waals surface area contributed by atoms with Crippen molar-refractivity contribution in [2.45, 2.75) is 32.2 Å². The van der Waals surface area contributed by atoms with Gasteiger partial charge in [-0.25, -0.2) is 0 Å². The number of hydrogen-bond acceptors (Lipinski definition) is 2. The van der Waals surface area contributed by atoms with Crippen LogP contribution in [0.25, 0.3) is 0 Å². The molecule has 0 aliphatic carbocycles. The maximum Gasteiger partial charge on any atom is 0.573 e. The van der Waals surface area contributed by atoms with Crippen LogP contribution in [0.2, 0.25) is 0 Å². The Balaban J connectivity index is 2.87. The number of alkyl halides is 3. The second kappa shape index (κ2) is 4.74. The minimum absolute atomic E-state index is 0.0169. The third-order valence-corrected chi connectivity index (χ3v) is 2.41. The van der Waals surface area contributed by atoms with Gasteiger partial charge < -0.3 is 10.5 Å². The normalized spacial score (nSPS) is 15.6. The molecule has 2 atom stereocenters. The van der Waals surface area contributed by atoms with E-state index in [4.69, 9.17) is 5.73 Å². The van der Waals surface area contributed by atoms with Crippen molar-refractivity contribution in [2.24, 2.45) is 5.73 Å². The van der Waals surface area contributed by atoms with Crippen LogP contribution in [0, 0.1) is 0 Å². The van der Waals surface area contributed by atoms with Gasteiger partial charge in [-0.05, 0) is 30.5 Å². The molecule has 0 spiro atoms. The molecule has 2 N–H and O–H groups in total. The number of halogens is 3. The second-order valence-corrected chi connectivity index (χ2v) is 3.77. The monoisotopic (exact) mass is 233 g/mol. The molecule has 1 rings (SSSR count). The Hall–Kier alpha value is -1.23. The third-order valence-electron chi connectivity index (χ3n) is 2.41. The van der Waals surface area contributed by atoms with Crippen molar-refractivity contribution >= 4 is 0 Å². The summed E-state index contributed by atoms with van der Waals surface area (Å²) in [4.78, 5) is 0. The van der Waals surface area contributed by atoms with Gasteiger partial charge in [-0.1, -0.05) is 19.1 Å². The zero-order valence-electron chi connectivity index (χ0n) is 9.08. The Labute approximate surface area is 92.2 Å². The SMILES string of the molecule is CC(N)C(C)c1cccc(OC(F)(F)F)c1. The lowest BCUT2D eigenvalue weighted by molar-refractivity contribution is -0.274. The van der Waals surface area contributed by atoms with E-state index in [9.17, 15) is 13.2 Å². The number of hydrogen-bond donors (Lipinski definition) is 1. The molecule has 0 saturated heterocycles. The summed E-state index contributed by atoms with van der Waals surface area (Å²) in [6.07, 6.45) is -4.66. The Morgan fingerprint density at radius 1 is 1.25 bits per heavy atom. The summed E-state index contributed by atoms with van der Waals surface area (Å²) in [7, 11) is 0. The van der Waals surface area contributed by atoms with Crippen LogP contribution in [0.3, 0.4) is 0 Å². The molecule has 0 aliphatic heterocycles. The molecule has 0 saturated carbocycles. The summed E-state index contributed by atoms with van der Waals surface area (Å²) in [5.41, 5.74) is 6.42. The molecule has 0 amide bonds. The van der Waals surface area contributed by atoms with E-state index < -0.39 is 6.36 Å². The van der Waals surface area contributed by atoms with Crippen molar-refractivity contribution in [3.05, 3.63) is 29.8 Å². The summed E-state index contributed by atoms with van der Waals surface area (Å²) in [6.45, 7) is 3.67. The highest BCUT2D eigenvalue weighted by Gasteiger charge is 2.31. The van der Waals surface area contributed by atoms with Crippen LogP contribution in [-0.4, -0.2) is 12.4 Å². The topological polar surface area (TPSA) is 35.2 Å². The summed E-state index contributed by atoms with van der Waals surface area (Å²) in [6, 6.07) is 5.76. The van der Waals surface area contributed by atoms with Gasteiger partial charge >= 0.3 is 6.36 Å². The summed E-state index contributed by atoms with van der Waals surface area (Å²) < 4.78 is 39.8. The molecule has 2 unspecified atom stereocenters. The fourth-order valence-electron chi connectivity index (χ4n) is 1.30. The number of nitrogens with two attached hydrogens (primary N) is 1. The fourth-order valence-corrected chi connectivity index (χ4v) is 1.30. The predicted octanol–water partition coefficient (Wildman–Crippen LogP) is 3.04. The maximum atomic E-state index is 12.0. The molecule has 0 heterocycles. The molecule has 1 aromatic rings. The standard InChI is InChI=1S/C11H14F3NO/c1-7(8(2)15)9-4-3-5-10(6-9)16-11(12,13)14/h3-8H,15H2,1-2H3. The average Bonchev–Trinajstić information content (AvgIpc) is 2.14. The summed E-state index contributed by atoms with van der Waals surface area (Å²) >= 11 is 0. The minimum Gasteiger partial charge on any atom is -0.406 e. The summed E-state index contributed by atoms with van der Waals surface area (Å²) in [5, 5.41) is 0. The first-order valence-electron chi connectivity index (χ1n) is 4.91. The van der Waals surface area contributed by atoms with E-state index >= 15 is 0 Å². The molecular weight excluding hydrogens is 219 g/mol. The van der Waals surface area contributed by atoms with Gasteiger partial charge in [0.2, 0.25) is 0 Å². The fraction of sp³-hybridized carbons (Fsp3) is 0.455. The molecule has 16 heavy (non-hydrogen) atoms. The third kappa shape index (κ3) is 3.73. The highest BCUT2D eigenvalue weighted by molar-refractivity contribution is 5.31. The molecule has 0 bridgehead atoms. The zero-order valence-corrected chi connectivity index (χ0v) is 9.08. The minimum atomic E-state index is -4.66. The van der Waals surface area contributed by atoms with Crippen LogP contribution in [0.4, 0.5) is 13.2 Å². The van der Waals surface area contributed by atoms with Crippen LogP contribution in [-0.2, 0) is 0 Å². The van der Waals surface area contributed by atoms with Crippen LogP contribution in [0.1, 0.15) is 25.3 Å².